The smallest absolute Gasteiger partial charge is 0.273 e. The molecule has 2 heterocycles. The molecular weight excluding hydrogens is 400 g/mol. The lowest BCUT2D eigenvalue weighted by Gasteiger charge is -2.06. The highest BCUT2D eigenvalue weighted by atomic mass is 79.9. The molecule has 132 valence electrons. The first-order chi connectivity index (χ1) is 12.6. The van der Waals surface area contributed by atoms with Crippen LogP contribution in [0.2, 0.25) is 0 Å². The number of amides is 2. The molecule has 0 radical (unpaired) electrons. The van der Waals surface area contributed by atoms with Gasteiger partial charge in [0.15, 0.2) is 11.5 Å². The molecule has 0 saturated heterocycles. The van der Waals surface area contributed by atoms with E-state index < -0.39 is 5.91 Å². The van der Waals surface area contributed by atoms with E-state index in [1.165, 1.54) is 6.07 Å². The van der Waals surface area contributed by atoms with Crippen LogP contribution in [0.25, 0.3) is 11.3 Å². The van der Waals surface area contributed by atoms with Crippen molar-refractivity contribution >= 4 is 33.4 Å². The summed E-state index contributed by atoms with van der Waals surface area (Å²) < 4.78 is 6.09. The molecule has 0 unspecified atom stereocenters. The molecule has 0 aliphatic rings. The SMILES string of the molecule is O=C(CCNC(=O)c1cc(-c2cccnc2)on1)Nc1ccc(Br)cc1. The van der Waals surface area contributed by atoms with Gasteiger partial charge in [-0.25, -0.2) is 0 Å². The summed E-state index contributed by atoms with van der Waals surface area (Å²) in [6.07, 6.45) is 3.41. The number of hydrogen-bond donors (Lipinski definition) is 2. The molecule has 0 fully saturated rings. The number of halogens is 1. The molecule has 0 bridgehead atoms. The lowest BCUT2D eigenvalue weighted by Crippen LogP contribution is -2.27. The fourth-order valence-electron chi connectivity index (χ4n) is 2.16. The molecule has 26 heavy (non-hydrogen) atoms. The van der Waals surface area contributed by atoms with Gasteiger partial charge in [-0.3, -0.25) is 14.6 Å². The molecule has 0 spiro atoms. The Morgan fingerprint density at radius 1 is 1.15 bits per heavy atom. The van der Waals surface area contributed by atoms with Gasteiger partial charge in [-0.1, -0.05) is 21.1 Å². The van der Waals surface area contributed by atoms with Crippen LogP contribution < -0.4 is 10.6 Å². The van der Waals surface area contributed by atoms with Gasteiger partial charge in [0.2, 0.25) is 5.91 Å². The summed E-state index contributed by atoms with van der Waals surface area (Å²) in [6.45, 7) is 0.191. The molecule has 3 rings (SSSR count). The average molecular weight is 415 g/mol. The minimum Gasteiger partial charge on any atom is -0.355 e. The van der Waals surface area contributed by atoms with Gasteiger partial charge in [0.25, 0.3) is 5.91 Å². The van der Waals surface area contributed by atoms with Gasteiger partial charge in [0, 0.05) is 47.1 Å². The quantitative estimate of drug-likeness (QED) is 0.644. The predicted octanol–water partition coefficient (Wildman–Crippen LogP) is 3.26. The number of nitrogens with one attached hydrogen (secondary N) is 2. The molecule has 2 amide bonds. The number of carbonyl (C=O) groups excluding carboxylic acids is 2. The summed E-state index contributed by atoms with van der Waals surface area (Å²) in [6, 6.07) is 12.4. The van der Waals surface area contributed by atoms with E-state index in [4.69, 9.17) is 4.52 Å². The minimum absolute atomic E-state index is 0.148. The van der Waals surface area contributed by atoms with Crippen molar-refractivity contribution in [1.29, 1.82) is 0 Å². The molecule has 0 aliphatic heterocycles. The monoisotopic (exact) mass is 414 g/mol. The largest absolute Gasteiger partial charge is 0.355 e. The van der Waals surface area contributed by atoms with Crippen LogP contribution in [0.1, 0.15) is 16.9 Å². The van der Waals surface area contributed by atoms with Crippen molar-refractivity contribution in [2.24, 2.45) is 0 Å². The summed E-state index contributed by atoms with van der Waals surface area (Å²) in [7, 11) is 0. The van der Waals surface area contributed by atoms with Crippen molar-refractivity contribution in [2.75, 3.05) is 11.9 Å². The Hall–Kier alpha value is -3.00. The molecule has 0 aliphatic carbocycles. The molecule has 0 saturated carbocycles. The second-order valence-corrected chi connectivity index (χ2v) is 6.29. The summed E-state index contributed by atoms with van der Waals surface area (Å²) in [5.74, 6) is -0.139. The Bertz CT molecular complexity index is 894. The van der Waals surface area contributed by atoms with Crippen LogP contribution in [-0.2, 0) is 4.79 Å². The Kier molecular flexibility index (Phi) is 5.75. The molecule has 3 aromatic rings. The highest BCUT2D eigenvalue weighted by Crippen LogP contribution is 2.18. The van der Waals surface area contributed by atoms with Crippen molar-refractivity contribution in [3.05, 3.63) is 65.0 Å². The second kappa shape index (κ2) is 8.39. The van der Waals surface area contributed by atoms with Crippen LogP contribution in [0.5, 0.6) is 0 Å². The van der Waals surface area contributed by atoms with Crippen molar-refractivity contribution in [1.82, 2.24) is 15.5 Å². The standard InChI is InChI=1S/C18H15BrN4O3/c19-13-3-5-14(6-4-13)22-17(24)7-9-21-18(25)15-10-16(26-23-15)12-2-1-8-20-11-12/h1-6,8,10-11H,7,9H2,(H,21,25)(H,22,24). The maximum atomic E-state index is 12.1. The van der Waals surface area contributed by atoms with E-state index in [2.05, 4.69) is 36.7 Å². The zero-order valence-electron chi connectivity index (χ0n) is 13.6. The number of benzene rings is 1. The first-order valence-electron chi connectivity index (χ1n) is 7.82. The summed E-state index contributed by atoms with van der Waals surface area (Å²) in [5, 5.41) is 9.15. The van der Waals surface area contributed by atoms with E-state index in [0.717, 1.165) is 10.0 Å². The van der Waals surface area contributed by atoms with Gasteiger partial charge >= 0.3 is 0 Å². The molecule has 7 nitrogen and oxygen atoms in total. The summed E-state index contributed by atoms with van der Waals surface area (Å²) in [4.78, 5) is 28.0. The minimum atomic E-state index is -0.402. The third kappa shape index (κ3) is 4.76. The first kappa shape index (κ1) is 17.8. The van der Waals surface area contributed by atoms with Crippen LogP contribution in [0.3, 0.4) is 0 Å². The van der Waals surface area contributed by atoms with Crippen LogP contribution in [0.15, 0.2) is 63.9 Å². The molecule has 2 N–H and O–H groups in total. The number of rotatable bonds is 6. The van der Waals surface area contributed by atoms with Crippen molar-refractivity contribution < 1.29 is 14.1 Å². The summed E-state index contributed by atoms with van der Waals surface area (Å²) in [5.41, 5.74) is 1.58. The summed E-state index contributed by atoms with van der Waals surface area (Å²) >= 11 is 3.33. The maximum Gasteiger partial charge on any atom is 0.273 e. The third-order valence-electron chi connectivity index (χ3n) is 3.45. The molecule has 0 atom stereocenters. The van der Waals surface area contributed by atoms with Crippen LogP contribution in [-0.4, -0.2) is 28.5 Å². The second-order valence-electron chi connectivity index (χ2n) is 5.38. The van der Waals surface area contributed by atoms with E-state index in [1.54, 1.807) is 30.6 Å². The van der Waals surface area contributed by atoms with E-state index in [0.29, 0.717) is 11.4 Å². The molecule has 2 aromatic heterocycles. The fourth-order valence-corrected chi connectivity index (χ4v) is 2.43. The Balaban J connectivity index is 1.47. The van der Waals surface area contributed by atoms with Crippen LogP contribution >= 0.6 is 15.9 Å². The Morgan fingerprint density at radius 2 is 1.96 bits per heavy atom. The number of hydrogen-bond acceptors (Lipinski definition) is 5. The number of aromatic nitrogens is 2. The average Bonchev–Trinajstić information content (AvgIpc) is 3.15. The van der Waals surface area contributed by atoms with Crippen LogP contribution in [0, 0.1) is 0 Å². The normalized spacial score (nSPS) is 10.3. The molecule has 1 aromatic carbocycles. The number of pyridine rings is 1. The zero-order valence-corrected chi connectivity index (χ0v) is 15.2. The van der Waals surface area contributed by atoms with Gasteiger partial charge < -0.3 is 15.2 Å². The first-order valence-corrected chi connectivity index (χ1v) is 8.62. The van der Waals surface area contributed by atoms with Gasteiger partial charge in [-0.2, -0.15) is 0 Å². The van der Waals surface area contributed by atoms with Crippen molar-refractivity contribution in [2.45, 2.75) is 6.42 Å². The predicted molar refractivity (Wildman–Crippen MR) is 99.5 cm³/mol. The Labute approximate surface area is 157 Å². The zero-order chi connectivity index (χ0) is 18.4. The van der Waals surface area contributed by atoms with Crippen LogP contribution in [0.4, 0.5) is 5.69 Å². The number of carbonyl (C=O) groups is 2. The number of nitrogens with zero attached hydrogens (tertiary/aromatic N) is 2. The van der Waals surface area contributed by atoms with E-state index in [9.17, 15) is 9.59 Å². The topological polar surface area (TPSA) is 97.1 Å². The van der Waals surface area contributed by atoms with E-state index in [-0.39, 0.29) is 24.6 Å². The number of anilines is 1. The van der Waals surface area contributed by atoms with Crippen molar-refractivity contribution in [3.63, 3.8) is 0 Å². The maximum absolute atomic E-state index is 12.1. The highest BCUT2D eigenvalue weighted by molar-refractivity contribution is 9.10. The third-order valence-corrected chi connectivity index (χ3v) is 3.98. The van der Waals surface area contributed by atoms with Crippen molar-refractivity contribution in [3.8, 4) is 11.3 Å². The van der Waals surface area contributed by atoms with E-state index >= 15 is 0 Å². The molecule has 8 heteroatoms. The lowest BCUT2D eigenvalue weighted by molar-refractivity contribution is -0.116. The van der Waals surface area contributed by atoms with Gasteiger partial charge in [0.05, 0.1) is 0 Å². The lowest BCUT2D eigenvalue weighted by atomic mass is 10.2. The van der Waals surface area contributed by atoms with Gasteiger partial charge in [-0.05, 0) is 36.4 Å². The van der Waals surface area contributed by atoms with E-state index in [1.807, 2.05) is 18.2 Å². The van der Waals surface area contributed by atoms with Gasteiger partial charge in [-0.15, -0.1) is 0 Å². The van der Waals surface area contributed by atoms with Gasteiger partial charge in [0.1, 0.15) is 0 Å². The fraction of sp³-hybridized carbons (Fsp3) is 0.111. The molecular formula is C18H15BrN4O3. The highest BCUT2D eigenvalue weighted by Gasteiger charge is 2.14. The Morgan fingerprint density at radius 3 is 2.69 bits per heavy atom.